The molecule has 0 aliphatic carbocycles. The molecule has 3 N–H and O–H groups in total. The molecule has 2 aromatic carbocycles. The number of nitrogens with zero attached hydrogens (tertiary/aromatic N) is 1. The van der Waals surface area contributed by atoms with E-state index in [-0.39, 0.29) is 23.6 Å². The predicted octanol–water partition coefficient (Wildman–Crippen LogP) is 0.838. The molecule has 10 nitrogen and oxygen atoms in total. The lowest BCUT2D eigenvalue weighted by atomic mass is 10.1. The van der Waals surface area contributed by atoms with Crippen LogP contribution < -0.4 is 16.3 Å². The molecule has 2 aromatic rings. The number of carbonyl (C=O) groups is 5. The molecule has 0 radical (unpaired) electrons. The molecule has 1 heterocycles. The van der Waals surface area contributed by atoms with E-state index in [2.05, 4.69) is 16.3 Å². The molecule has 11 heteroatoms. The Morgan fingerprint density at radius 3 is 2.38 bits per heavy atom. The largest absolute Gasteiger partial charge is 0.455 e. The summed E-state index contributed by atoms with van der Waals surface area (Å²) in [6, 6.07) is 14.5. The molecule has 0 spiro atoms. The lowest BCUT2D eigenvalue weighted by Crippen LogP contribution is -2.44. The maximum atomic E-state index is 12.3. The van der Waals surface area contributed by atoms with Crippen LogP contribution in [0.25, 0.3) is 0 Å². The number of rotatable bonds is 6. The molecule has 0 unspecified atom stereocenters. The minimum atomic E-state index is -0.860. The summed E-state index contributed by atoms with van der Waals surface area (Å²) in [7, 11) is 0. The van der Waals surface area contributed by atoms with Gasteiger partial charge in [-0.15, -0.1) is 0 Å². The van der Waals surface area contributed by atoms with Crippen LogP contribution in [-0.4, -0.2) is 47.8 Å². The summed E-state index contributed by atoms with van der Waals surface area (Å²) in [5.74, 6) is -4.00. The van der Waals surface area contributed by atoms with Gasteiger partial charge < -0.3 is 4.74 Å². The maximum absolute atomic E-state index is 12.3. The fourth-order valence-corrected chi connectivity index (χ4v) is 3.10. The molecule has 4 amide bonds. The van der Waals surface area contributed by atoms with Crippen LogP contribution in [0, 0.1) is 5.92 Å². The number of hydrogen-bond donors (Lipinski definition) is 3. The van der Waals surface area contributed by atoms with E-state index < -0.39 is 42.1 Å². The number of hydrogen-bond acceptors (Lipinski definition) is 6. The van der Waals surface area contributed by atoms with E-state index in [1.165, 1.54) is 12.1 Å². The Bertz CT molecular complexity index is 1050. The van der Waals surface area contributed by atoms with Crippen LogP contribution >= 0.6 is 11.6 Å². The number of halogens is 1. The molecule has 166 valence electrons. The Morgan fingerprint density at radius 1 is 0.969 bits per heavy atom. The first-order valence-corrected chi connectivity index (χ1v) is 9.89. The van der Waals surface area contributed by atoms with Gasteiger partial charge in [0.15, 0.2) is 6.61 Å². The number of carbonyl (C=O) groups excluding carboxylic acids is 5. The molecule has 1 fully saturated rings. The highest BCUT2D eigenvalue weighted by Crippen LogP contribution is 2.19. The van der Waals surface area contributed by atoms with Crippen LogP contribution in [0.1, 0.15) is 27.1 Å². The second-order valence-electron chi connectivity index (χ2n) is 6.80. The number of amides is 4. The van der Waals surface area contributed by atoms with E-state index in [0.717, 1.165) is 5.01 Å². The van der Waals surface area contributed by atoms with E-state index in [0.29, 0.717) is 5.56 Å². The lowest BCUT2D eigenvalue weighted by molar-refractivity contribution is -0.152. The van der Waals surface area contributed by atoms with Crippen LogP contribution in [0.5, 0.6) is 0 Å². The molecular formula is C21H19ClN4O6. The molecule has 1 atom stereocenters. The third-order valence-corrected chi connectivity index (χ3v) is 4.84. The average Bonchev–Trinajstić information content (AvgIpc) is 3.16. The summed E-state index contributed by atoms with van der Waals surface area (Å²) >= 11 is 5.97. The zero-order valence-electron chi connectivity index (χ0n) is 16.7. The van der Waals surface area contributed by atoms with Gasteiger partial charge in [0, 0.05) is 12.0 Å². The van der Waals surface area contributed by atoms with Crippen LogP contribution in [-0.2, 0) is 19.1 Å². The Labute approximate surface area is 187 Å². The van der Waals surface area contributed by atoms with E-state index >= 15 is 0 Å². The van der Waals surface area contributed by atoms with Crippen molar-refractivity contribution in [2.45, 2.75) is 6.42 Å². The van der Waals surface area contributed by atoms with Crippen LogP contribution in [0.4, 0.5) is 0 Å². The number of hydrazine groups is 2. The van der Waals surface area contributed by atoms with Gasteiger partial charge in [-0.25, -0.2) is 0 Å². The third-order valence-electron chi connectivity index (χ3n) is 4.51. The average molecular weight is 459 g/mol. The molecule has 0 bridgehead atoms. The fourth-order valence-electron chi connectivity index (χ4n) is 2.88. The van der Waals surface area contributed by atoms with Gasteiger partial charge >= 0.3 is 5.97 Å². The molecule has 1 saturated heterocycles. The fraction of sp³-hybridized carbons (Fsp3) is 0.190. The third kappa shape index (κ3) is 5.82. The second-order valence-corrected chi connectivity index (χ2v) is 7.21. The predicted molar refractivity (Wildman–Crippen MR) is 112 cm³/mol. The van der Waals surface area contributed by atoms with E-state index in [9.17, 15) is 24.0 Å². The van der Waals surface area contributed by atoms with Crippen LogP contribution in [0.3, 0.4) is 0 Å². The van der Waals surface area contributed by atoms with Gasteiger partial charge in [-0.2, -0.15) is 0 Å². The van der Waals surface area contributed by atoms with Gasteiger partial charge in [0.25, 0.3) is 17.7 Å². The first-order chi connectivity index (χ1) is 15.3. The number of ether oxygens (including phenoxy) is 1. The smallest absolute Gasteiger partial charge is 0.311 e. The van der Waals surface area contributed by atoms with Crippen molar-refractivity contribution in [1.82, 2.24) is 21.3 Å². The Hall–Kier alpha value is -3.92. The summed E-state index contributed by atoms with van der Waals surface area (Å²) < 4.78 is 4.92. The first kappa shape index (κ1) is 22.8. The van der Waals surface area contributed by atoms with Gasteiger partial charge in [0.1, 0.15) is 0 Å². The maximum Gasteiger partial charge on any atom is 0.311 e. The highest BCUT2D eigenvalue weighted by molar-refractivity contribution is 6.33. The topological polar surface area (TPSA) is 134 Å². The van der Waals surface area contributed by atoms with E-state index in [1.807, 2.05) is 0 Å². The number of nitrogens with one attached hydrogen (secondary N) is 3. The summed E-state index contributed by atoms with van der Waals surface area (Å²) in [6.07, 6.45) is -0.187. The highest BCUT2D eigenvalue weighted by Gasteiger charge is 2.37. The summed E-state index contributed by atoms with van der Waals surface area (Å²) in [5.41, 5.74) is 7.26. The van der Waals surface area contributed by atoms with Crippen molar-refractivity contribution in [2.75, 3.05) is 13.2 Å². The minimum absolute atomic E-state index is 0.111. The second kappa shape index (κ2) is 10.4. The zero-order chi connectivity index (χ0) is 23.1. The van der Waals surface area contributed by atoms with Gasteiger partial charge in [-0.1, -0.05) is 41.9 Å². The van der Waals surface area contributed by atoms with Gasteiger partial charge in [0.05, 0.1) is 23.0 Å². The summed E-state index contributed by atoms with van der Waals surface area (Å²) in [6.45, 7) is -0.759. The van der Waals surface area contributed by atoms with Crippen LogP contribution in [0.2, 0.25) is 5.02 Å². The SMILES string of the molecule is O=C(COC(=O)[C@H]1CC(=O)N(NC(=O)c2ccccc2Cl)C1)NNC(=O)c1ccccc1. The number of benzene rings is 2. The van der Waals surface area contributed by atoms with Crippen molar-refractivity contribution in [3.8, 4) is 0 Å². The van der Waals surface area contributed by atoms with Crippen molar-refractivity contribution < 1.29 is 28.7 Å². The molecule has 1 aliphatic rings. The monoisotopic (exact) mass is 458 g/mol. The van der Waals surface area contributed by atoms with Crippen LogP contribution in [0.15, 0.2) is 54.6 Å². The molecule has 1 aliphatic heterocycles. The summed E-state index contributed by atoms with van der Waals surface area (Å²) in [5, 5.41) is 1.23. The molecule has 3 rings (SSSR count). The molecule has 32 heavy (non-hydrogen) atoms. The first-order valence-electron chi connectivity index (χ1n) is 9.52. The van der Waals surface area contributed by atoms with Crippen molar-refractivity contribution in [2.24, 2.45) is 5.92 Å². The highest BCUT2D eigenvalue weighted by atomic mass is 35.5. The normalized spacial score (nSPS) is 15.1. The quantitative estimate of drug-likeness (QED) is 0.434. The van der Waals surface area contributed by atoms with Crippen molar-refractivity contribution in [1.29, 1.82) is 0 Å². The standard InChI is InChI=1S/C21H19ClN4O6/c22-16-9-5-4-8-15(16)20(30)25-26-11-14(10-18(26)28)21(31)32-12-17(27)23-24-19(29)13-6-2-1-3-7-13/h1-9,14H,10-12H2,(H,23,27)(H,24,29)(H,25,30)/t14-/m0/s1. The minimum Gasteiger partial charge on any atom is -0.455 e. The lowest BCUT2D eigenvalue weighted by Gasteiger charge is -2.18. The van der Waals surface area contributed by atoms with E-state index in [4.69, 9.17) is 16.3 Å². The Kier molecular flexibility index (Phi) is 7.40. The molecule has 0 saturated carbocycles. The number of esters is 1. The van der Waals surface area contributed by atoms with Gasteiger partial charge in [0.2, 0.25) is 5.91 Å². The Balaban J connectivity index is 1.43. The van der Waals surface area contributed by atoms with Crippen molar-refractivity contribution in [3.63, 3.8) is 0 Å². The summed E-state index contributed by atoms with van der Waals surface area (Å²) in [4.78, 5) is 60.3. The van der Waals surface area contributed by atoms with Crippen molar-refractivity contribution in [3.05, 3.63) is 70.7 Å². The van der Waals surface area contributed by atoms with Crippen molar-refractivity contribution >= 4 is 41.2 Å². The Morgan fingerprint density at radius 2 is 1.66 bits per heavy atom. The zero-order valence-corrected chi connectivity index (χ0v) is 17.4. The van der Waals surface area contributed by atoms with Gasteiger partial charge in [-0.3, -0.25) is 45.3 Å². The molecular weight excluding hydrogens is 440 g/mol. The molecule has 0 aromatic heterocycles. The van der Waals surface area contributed by atoms with E-state index in [1.54, 1.807) is 42.5 Å². The van der Waals surface area contributed by atoms with Gasteiger partial charge in [-0.05, 0) is 24.3 Å².